The second kappa shape index (κ2) is 43.2. The molecule has 14 heteroatoms. The largest absolute Gasteiger partial charge is 0.459 e. The third-order valence-corrected chi connectivity index (χ3v) is 46.9. The van der Waals surface area contributed by atoms with Gasteiger partial charge in [0, 0.05) is 22.7 Å². The van der Waals surface area contributed by atoms with E-state index in [1.54, 1.807) is 0 Å². The zero-order chi connectivity index (χ0) is 102. The number of ether oxygens (including phenoxy) is 7. The third-order valence-electron chi connectivity index (χ3n) is 46.9. The summed E-state index contributed by atoms with van der Waals surface area (Å²) in [6.45, 7) is 56.4. The van der Waals surface area contributed by atoms with Crippen molar-refractivity contribution in [2.45, 2.75) is 554 Å². The first-order valence-corrected chi connectivity index (χ1v) is 60.9. The van der Waals surface area contributed by atoms with E-state index < -0.39 is 0 Å². The first-order valence-electron chi connectivity index (χ1n) is 60.9. The van der Waals surface area contributed by atoms with Crippen LogP contribution in [0.25, 0.3) is 0 Å². The quantitative estimate of drug-likeness (QED) is 0.0409. The van der Waals surface area contributed by atoms with Gasteiger partial charge in [-0.25, -0.2) is 0 Å². The van der Waals surface area contributed by atoms with E-state index in [-0.39, 0.29) is 126 Å². The fourth-order valence-electron chi connectivity index (χ4n) is 37.6. The molecule has 24 rings (SSSR count). The number of esters is 7. The van der Waals surface area contributed by atoms with E-state index in [0.29, 0.717) is 22.7 Å². The Morgan fingerprint density at radius 3 is 1.03 bits per heavy atom. The topological polar surface area (TPSA) is 184 Å². The lowest BCUT2D eigenvalue weighted by Gasteiger charge is -2.58. The van der Waals surface area contributed by atoms with Crippen molar-refractivity contribution in [3.63, 3.8) is 0 Å². The average molecular weight is 1960 g/mol. The first-order chi connectivity index (χ1) is 66.2. The second-order valence-electron chi connectivity index (χ2n) is 58.6. The molecule has 29 atom stereocenters. The third kappa shape index (κ3) is 23.1. The van der Waals surface area contributed by atoms with E-state index in [1.807, 2.05) is 76.2 Å². The van der Waals surface area contributed by atoms with Crippen LogP contribution in [-0.2, 0) is 66.7 Å². The minimum absolute atomic E-state index is 0.00750. The molecule has 0 amide bonds. The molecule has 0 spiro atoms. The molecular formula is C127H212O14. The number of hydrogen-bond acceptors (Lipinski definition) is 14. The maximum absolute atomic E-state index is 12.6. The van der Waals surface area contributed by atoms with Crippen molar-refractivity contribution in [1.29, 1.82) is 0 Å². The summed E-state index contributed by atoms with van der Waals surface area (Å²) in [5, 5.41) is 0. The highest BCUT2D eigenvalue weighted by atomic mass is 16.6. The fraction of sp³-hybridized carbons (Fsp3) is 0.945. The van der Waals surface area contributed by atoms with Gasteiger partial charge >= 0.3 is 41.8 Å². The van der Waals surface area contributed by atoms with Gasteiger partial charge in [0.05, 0.1) is 39.9 Å². The normalized spacial score (nSPS) is 42.3. The molecule has 0 aromatic carbocycles. The molecule has 0 heterocycles. The van der Waals surface area contributed by atoms with Crippen LogP contribution in [0.5, 0.6) is 0 Å². The highest BCUT2D eigenvalue weighted by molar-refractivity contribution is 5.78. The Labute approximate surface area is 861 Å². The van der Waals surface area contributed by atoms with Crippen molar-refractivity contribution in [2.75, 3.05) is 0 Å². The molecule has 0 N–H and O–H groups in total. The molecule has 0 radical (unpaired) electrons. The van der Waals surface area contributed by atoms with E-state index in [4.69, 9.17) is 33.2 Å². The molecular weight excluding hydrogens is 1750 g/mol. The van der Waals surface area contributed by atoms with Crippen LogP contribution >= 0.6 is 0 Å². The van der Waals surface area contributed by atoms with Gasteiger partial charge in [0.25, 0.3) is 0 Å². The minimum Gasteiger partial charge on any atom is -0.459 e. The lowest BCUT2D eigenvalue weighted by atomic mass is 9.47. The van der Waals surface area contributed by atoms with Crippen LogP contribution in [0, 0.1) is 204 Å². The molecule has 24 aliphatic rings. The fourth-order valence-corrected chi connectivity index (χ4v) is 37.6. The molecule has 14 nitrogen and oxygen atoms in total. The van der Waals surface area contributed by atoms with Gasteiger partial charge < -0.3 is 33.2 Å². The molecule has 24 saturated carbocycles. The van der Waals surface area contributed by atoms with Crippen LogP contribution in [-0.4, -0.2) is 81.0 Å². The van der Waals surface area contributed by atoms with Gasteiger partial charge in [0.2, 0.25) is 0 Å². The summed E-state index contributed by atoms with van der Waals surface area (Å²) in [6.07, 6.45) is 64.4. The van der Waals surface area contributed by atoms with E-state index >= 15 is 0 Å². The monoisotopic (exact) mass is 1960 g/mol. The average Bonchev–Trinajstić information content (AvgIpc) is 1.53. The highest BCUT2D eigenvalue weighted by Gasteiger charge is 2.71. The summed E-state index contributed by atoms with van der Waals surface area (Å²) in [5.74, 6) is 22.6. The van der Waals surface area contributed by atoms with Crippen LogP contribution in [0.1, 0.15) is 514 Å². The van der Waals surface area contributed by atoms with Gasteiger partial charge in [0.15, 0.2) is 0 Å². The van der Waals surface area contributed by atoms with E-state index in [2.05, 4.69) is 111 Å². The Hall–Kier alpha value is -3.71. The highest BCUT2D eigenvalue weighted by Crippen LogP contribution is 2.75. The van der Waals surface area contributed by atoms with Crippen molar-refractivity contribution in [3.05, 3.63) is 0 Å². The molecule has 29 unspecified atom stereocenters. The summed E-state index contributed by atoms with van der Waals surface area (Å²) in [4.78, 5) is 86.3. The smallest absolute Gasteiger partial charge is 0.312 e. The summed E-state index contributed by atoms with van der Waals surface area (Å²) in [6, 6.07) is 0. The molecule has 0 aromatic heterocycles. The molecule has 24 aliphatic carbocycles. The molecule has 141 heavy (non-hydrogen) atoms. The molecule has 24 fully saturated rings. The van der Waals surface area contributed by atoms with Crippen molar-refractivity contribution >= 4 is 41.8 Å². The predicted octanol–water partition coefficient (Wildman–Crippen LogP) is 32.4. The van der Waals surface area contributed by atoms with Gasteiger partial charge in [-0.1, -0.05) is 141 Å². The van der Waals surface area contributed by atoms with E-state index in [0.717, 1.165) is 239 Å². The number of rotatable bonds is 28. The van der Waals surface area contributed by atoms with Crippen molar-refractivity contribution in [2.24, 2.45) is 204 Å². The van der Waals surface area contributed by atoms with Crippen molar-refractivity contribution in [1.82, 2.24) is 0 Å². The number of hydrogen-bond donors (Lipinski definition) is 0. The van der Waals surface area contributed by atoms with Crippen molar-refractivity contribution < 1.29 is 66.7 Å². The Balaban J connectivity index is 0.000000124. The molecule has 804 valence electrons. The SMILES string of the molecule is CCC(C)(C)C(=O)OC(C)(C)C12CC3CC(CC1C3)C2.CCC(C)(C)C(=O)OC1(C)CC2CC1C1C3CCC(C3)C21.CCC(C)(C)C(=O)OC1(C)CCC2CCCCC2C1.CCC(C)C(=O)OC(C)(C)C12CC3CC(CC1C3)C2.CCC(C)C(=O)OC1(C)CC2CC1C1C3CCC(C3)C21.CCC(C)C(=O)OC1(C)CCC2CCCCC2C1.CCCCC(C)(CC12CC3CC(CC(C3)C1)C2)OC(=O)C(C)CC. The lowest BCUT2D eigenvalue weighted by Crippen LogP contribution is -2.50. The van der Waals surface area contributed by atoms with Crippen LogP contribution in [0.3, 0.4) is 0 Å². The Morgan fingerprint density at radius 2 is 0.638 bits per heavy atom. The van der Waals surface area contributed by atoms with Gasteiger partial charge in [-0.05, 0) is 515 Å². The summed E-state index contributed by atoms with van der Waals surface area (Å²) < 4.78 is 42.3. The summed E-state index contributed by atoms with van der Waals surface area (Å²) in [7, 11) is 0. The summed E-state index contributed by atoms with van der Waals surface area (Å²) in [5.41, 5.74) is -1.50. The molecule has 0 aliphatic heterocycles. The number of carbonyl (C=O) groups is 7. The van der Waals surface area contributed by atoms with Gasteiger partial charge in [-0.15, -0.1) is 0 Å². The zero-order valence-electron chi connectivity index (χ0n) is 95.5. The van der Waals surface area contributed by atoms with Crippen molar-refractivity contribution in [3.8, 4) is 0 Å². The molecule has 0 saturated heterocycles. The van der Waals surface area contributed by atoms with E-state index in [9.17, 15) is 33.6 Å². The number of fused-ring (bicyclic) bond motifs is 20. The molecule has 20 bridgehead atoms. The van der Waals surface area contributed by atoms with Gasteiger partial charge in [0.1, 0.15) is 39.2 Å². The predicted molar refractivity (Wildman–Crippen MR) is 566 cm³/mol. The van der Waals surface area contributed by atoms with Crippen LogP contribution in [0.15, 0.2) is 0 Å². The van der Waals surface area contributed by atoms with Gasteiger partial charge in [-0.3, -0.25) is 33.6 Å². The zero-order valence-corrected chi connectivity index (χ0v) is 95.5. The van der Waals surface area contributed by atoms with Crippen LogP contribution in [0.4, 0.5) is 0 Å². The number of carbonyl (C=O) groups excluding carboxylic acids is 7. The lowest BCUT2D eigenvalue weighted by molar-refractivity contribution is -0.185. The first kappa shape index (κ1) is 111. The minimum atomic E-state index is -0.358. The second-order valence-corrected chi connectivity index (χ2v) is 58.6. The molecule has 0 aromatic rings. The Morgan fingerprint density at radius 1 is 0.305 bits per heavy atom. The Kier molecular flexibility index (Phi) is 34.1. The summed E-state index contributed by atoms with van der Waals surface area (Å²) >= 11 is 0. The maximum atomic E-state index is 12.6. The maximum Gasteiger partial charge on any atom is 0.312 e. The van der Waals surface area contributed by atoms with Gasteiger partial charge in [-0.2, -0.15) is 0 Å². The van der Waals surface area contributed by atoms with Crippen LogP contribution < -0.4 is 0 Å². The Bertz CT molecular complexity index is 4210. The van der Waals surface area contributed by atoms with E-state index in [1.165, 1.54) is 225 Å². The van der Waals surface area contributed by atoms with Crippen LogP contribution in [0.2, 0.25) is 0 Å². The number of unbranched alkanes of at least 4 members (excludes halogenated alkanes) is 1. The standard InChI is InChI=1S/C22H38O2.C19H30O2.C18H28O2.C18H30O2.C17H28O2.C17H30O2.C16H28O2/c1-5-7-8-21(4,24-20(23)16(3)6-2)15-22-12-17-9-18(13-22)11-19(10-17)14-22;1-5-18(2,3)17(20)21-19(4)10-13-9-14(19)16-12-7-6-11(8-12)15(13)16;1-4-10(2)17(19)20-18(3)9-13-8-14(18)16-12-6-5-11(7-12)15(13)16;1-6-16(2,3)15(19)20-17(4,5)18-10-12-7-13(11-18)9-14(18)8-12;1-5-11(2)15(18)19-16(3,4)17-9-12-6-13(10-17)8-14(17)7-12;1-5-16(2,3)15(18)19-17(4)11-10-13-8-6-7-9-14(13)12-17;1-4-12(2)15(17)18-16(3)10-9-13-7-5-6-8-14(13)11-16/h16-19H,5-15H2,1-4H3;11-16H,5-10H2,1-4H3;10-16H,4-9H2,1-3H3;12-14H,6-11H2,1-5H3;11-14H,5-10H2,1-4H3;13-14H,5-12H2,1-4H3;12-14H,4-11H2,1-3H3.